The number of methoxy groups -OCH3 is 1. The Hall–Kier alpha value is -4.08. The van der Waals surface area contributed by atoms with Gasteiger partial charge in [-0.15, -0.1) is 5.10 Å². The Labute approximate surface area is 157 Å². The lowest BCUT2D eigenvalue weighted by Crippen LogP contribution is -2.21. The first kappa shape index (κ1) is 17.3. The molecular formula is C18H14N6O4. The molecule has 140 valence electrons. The maximum Gasteiger partial charge on any atom is 0.283 e. The maximum absolute atomic E-state index is 12.7. The highest BCUT2D eigenvalue weighted by atomic mass is 16.6. The van der Waals surface area contributed by atoms with Crippen LogP contribution in [0.1, 0.15) is 5.56 Å². The summed E-state index contributed by atoms with van der Waals surface area (Å²) >= 11 is 0. The van der Waals surface area contributed by atoms with Crippen molar-refractivity contribution in [3.8, 4) is 11.4 Å². The van der Waals surface area contributed by atoms with Crippen molar-refractivity contribution < 1.29 is 9.66 Å². The summed E-state index contributed by atoms with van der Waals surface area (Å²) in [7, 11) is 1.58. The second kappa shape index (κ2) is 6.91. The zero-order valence-corrected chi connectivity index (χ0v) is 14.7. The van der Waals surface area contributed by atoms with Gasteiger partial charge in [0.2, 0.25) is 0 Å². The van der Waals surface area contributed by atoms with Crippen LogP contribution in [0.15, 0.2) is 59.7 Å². The number of non-ortho nitro benzene ring substituents is 1. The molecule has 0 saturated carbocycles. The minimum atomic E-state index is -0.471. The Morgan fingerprint density at radius 3 is 2.46 bits per heavy atom. The fraction of sp³-hybridized carbons (Fsp3) is 0.111. The van der Waals surface area contributed by atoms with Crippen LogP contribution in [0.4, 0.5) is 5.69 Å². The highest BCUT2D eigenvalue weighted by Gasteiger charge is 2.14. The third-order valence-electron chi connectivity index (χ3n) is 4.25. The first-order valence-electron chi connectivity index (χ1n) is 8.25. The van der Waals surface area contributed by atoms with Crippen molar-refractivity contribution in [2.45, 2.75) is 6.54 Å². The predicted molar refractivity (Wildman–Crippen MR) is 99.7 cm³/mol. The smallest absolute Gasteiger partial charge is 0.283 e. The van der Waals surface area contributed by atoms with Gasteiger partial charge in [0, 0.05) is 12.1 Å². The van der Waals surface area contributed by atoms with E-state index in [4.69, 9.17) is 4.74 Å². The zero-order chi connectivity index (χ0) is 19.7. The Balaban J connectivity index is 1.68. The molecule has 0 N–H and O–H groups in total. The Kier molecular flexibility index (Phi) is 4.28. The van der Waals surface area contributed by atoms with E-state index in [1.807, 2.05) is 0 Å². The summed E-state index contributed by atoms with van der Waals surface area (Å²) in [5, 5.41) is 18.8. The molecule has 0 unspecified atom stereocenters. The zero-order valence-electron chi connectivity index (χ0n) is 14.7. The lowest BCUT2D eigenvalue weighted by molar-refractivity contribution is -0.384. The lowest BCUT2D eigenvalue weighted by atomic mass is 10.2. The molecule has 2 aromatic heterocycles. The van der Waals surface area contributed by atoms with Gasteiger partial charge < -0.3 is 4.74 Å². The lowest BCUT2D eigenvalue weighted by Gasteiger charge is -2.06. The molecule has 0 saturated heterocycles. The van der Waals surface area contributed by atoms with E-state index in [1.54, 1.807) is 43.5 Å². The molecule has 0 atom stereocenters. The molecule has 10 heteroatoms. The van der Waals surface area contributed by atoms with Crippen LogP contribution in [0.2, 0.25) is 0 Å². The molecule has 0 aliphatic heterocycles. The van der Waals surface area contributed by atoms with Gasteiger partial charge in [0.25, 0.3) is 11.2 Å². The first-order chi connectivity index (χ1) is 13.6. The molecule has 0 fully saturated rings. The molecule has 28 heavy (non-hydrogen) atoms. The van der Waals surface area contributed by atoms with Crippen molar-refractivity contribution in [3.05, 3.63) is 80.9 Å². The van der Waals surface area contributed by atoms with Crippen molar-refractivity contribution in [3.63, 3.8) is 0 Å². The molecule has 0 bridgehead atoms. The molecule has 0 radical (unpaired) electrons. The predicted octanol–water partition coefficient (Wildman–Crippen LogP) is 1.94. The Morgan fingerprint density at radius 2 is 1.82 bits per heavy atom. The second-order valence-electron chi connectivity index (χ2n) is 5.97. The molecule has 4 aromatic rings. The molecule has 2 aromatic carbocycles. The van der Waals surface area contributed by atoms with Gasteiger partial charge in [0.15, 0.2) is 11.2 Å². The molecule has 0 spiro atoms. The van der Waals surface area contributed by atoms with Crippen molar-refractivity contribution in [2.24, 2.45) is 0 Å². The van der Waals surface area contributed by atoms with Crippen LogP contribution < -0.4 is 10.3 Å². The number of ether oxygens (including phenoxy) is 1. The summed E-state index contributed by atoms with van der Waals surface area (Å²) in [6.45, 7) is 0.217. The van der Waals surface area contributed by atoms with Gasteiger partial charge in [-0.3, -0.25) is 19.5 Å². The van der Waals surface area contributed by atoms with Gasteiger partial charge >= 0.3 is 0 Å². The third kappa shape index (κ3) is 3.07. The number of hydrogen-bond acceptors (Lipinski definition) is 7. The Morgan fingerprint density at radius 1 is 1.11 bits per heavy atom. The van der Waals surface area contributed by atoms with Crippen molar-refractivity contribution in [2.75, 3.05) is 7.11 Å². The van der Waals surface area contributed by atoms with Crippen LogP contribution in [0, 0.1) is 10.1 Å². The van der Waals surface area contributed by atoms with Crippen LogP contribution in [-0.2, 0) is 6.54 Å². The summed E-state index contributed by atoms with van der Waals surface area (Å²) in [5.74, 6) is 0.701. The summed E-state index contributed by atoms with van der Waals surface area (Å²) in [6.07, 6.45) is 1.41. The fourth-order valence-electron chi connectivity index (χ4n) is 2.77. The Bertz CT molecular complexity index is 1210. The van der Waals surface area contributed by atoms with E-state index in [2.05, 4.69) is 15.3 Å². The van der Waals surface area contributed by atoms with E-state index in [0.717, 1.165) is 5.56 Å². The van der Waals surface area contributed by atoms with E-state index in [-0.39, 0.29) is 23.3 Å². The van der Waals surface area contributed by atoms with E-state index >= 15 is 0 Å². The maximum atomic E-state index is 12.7. The van der Waals surface area contributed by atoms with Gasteiger partial charge in [0.05, 0.1) is 24.3 Å². The van der Waals surface area contributed by atoms with Crippen LogP contribution in [-0.4, -0.2) is 36.6 Å². The molecule has 0 amide bonds. The van der Waals surface area contributed by atoms with E-state index < -0.39 is 4.92 Å². The highest BCUT2D eigenvalue weighted by Crippen LogP contribution is 2.17. The quantitative estimate of drug-likeness (QED) is 0.385. The largest absolute Gasteiger partial charge is 0.497 e. The van der Waals surface area contributed by atoms with E-state index in [9.17, 15) is 14.9 Å². The SMILES string of the molecule is COc1ccc(-n2nnc3c(=O)n(Cc4ccc([N+](=O)[O-])cc4)cnc32)cc1. The minimum Gasteiger partial charge on any atom is -0.497 e. The van der Waals surface area contributed by atoms with Crippen molar-refractivity contribution in [1.82, 2.24) is 24.5 Å². The first-order valence-corrected chi connectivity index (χ1v) is 8.25. The number of fused-ring (bicyclic) bond motifs is 1. The van der Waals surface area contributed by atoms with E-state index in [0.29, 0.717) is 17.1 Å². The van der Waals surface area contributed by atoms with Crippen LogP contribution in [0.25, 0.3) is 16.9 Å². The number of aromatic nitrogens is 5. The molecule has 10 nitrogen and oxygen atoms in total. The number of rotatable bonds is 5. The average molecular weight is 378 g/mol. The normalized spacial score (nSPS) is 10.9. The molecular weight excluding hydrogens is 364 g/mol. The molecule has 4 rings (SSSR count). The number of hydrogen-bond donors (Lipinski definition) is 0. The molecule has 0 aliphatic carbocycles. The topological polar surface area (TPSA) is 118 Å². The van der Waals surface area contributed by atoms with Gasteiger partial charge in [0.1, 0.15) is 12.1 Å². The fourth-order valence-corrected chi connectivity index (χ4v) is 2.77. The van der Waals surface area contributed by atoms with Crippen molar-refractivity contribution >= 4 is 16.9 Å². The number of benzene rings is 2. The van der Waals surface area contributed by atoms with Crippen LogP contribution >= 0.6 is 0 Å². The number of nitrogens with zero attached hydrogens (tertiary/aromatic N) is 6. The summed E-state index contributed by atoms with van der Waals surface area (Å²) in [6, 6.07) is 13.1. The minimum absolute atomic E-state index is 0.00731. The number of nitro groups is 1. The standard InChI is InChI=1S/C18H14N6O4/c1-28-15-8-6-13(7-9-15)23-17-16(20-21-23)18(25)22(11-19-17)10-12-2-4-14(5-3-12)24(26)27/h2-9,11H,10H2,1H3. The summed E-state index contributed by atoms with van der Waals surface area (Å²) in [4.78, 5) is 27.3. The highest BCUT2D eigenvalue weighted by molar-refractivity contribution is 5.70. The monoisotopic (exact) mass is 378 g/mol. The summed E-state index contributed by atoms with van der Waals surface area (Å²) in [5.41, 5.74) is 1.56. The van der Waals surface area contributed by atoms with Gasteiger partial charge in [-0.2, -0.15) is 4.68 Å². The summed E-state index contributed by atoms with van der Waals surface area (Å²) < 4.78 is 8.00. The van der Waals surface area contributed by atoms with Crippen LogP contribution in [0.3, 0.4) is 0 Å². The third-order valence-corrected chi connectivity index (χ3v) is 4.25. The van der Waals surface area contributed by atoms with E-state index in [1.165, 1.54) is 27.7 Å². The van der Waals surface area contributed by atoms with Gasteiger partial charge in [-0.1, -0.05) is 17.3 Å². The van der Waals surface area contributed by atoms with Crippen molar-refractivity contribution in [1.29, 1.82) is 0 Å². The van der Waals surface area contributed by atoms with Gasteiger partial charge in [-0.05, 0) is 29.8 Å². The average Bonchev–Trinajstić information content (AvgIpc) is 3.15. The molecule has 0 aliphatic rings. The second-order valence-corrected chi connectivity index (χ2v) is 5.97. The number of nitro benzene ring substituents is 1. The molecule has 2 heterocycles. The van der Waals surface area contributed by atoms with Crippen LogP contribution in [0.5, 0.6) is 5.75 Å². The van der Waals surface area contributed by atoms with Gasteiger partial charge in [-0.25, -0.2) is 4.98 Å².